The first kappa shape index (κ1) is 10.6. The van der Waals surface area contributed by atoms with Gasteiger partial charge in [0.05, 0.1) is 0 Å². The molecular weight excluding hydrogens is 209 g/mol. The summed E-state index contributed by atoms with van der Waals surface area (Å²) < 4.78 is 5.44. The summed E-state index contributed by atoms with van der Waals surface area (Å²) in [5, 5.41) is 3.11. The maximum absolute atomic E-state index is 5.44. The zero-order valence-corrected chi connectivity index (χ0v) is 10.5. The summed E-state index contributed by atoms with van der Waals surface area (Å²) >= 11 is -0.720. The summed E-state index contributed by atoms with van der Waals surface area (Å²) in [4.78, 5) is 0.808. The van der Waals surface area contributed by atoms with Gasteiger partial charge in [0.15, 0.2) is 0 Å². The van der Waals surface area contributed by atoms with E-state index in [4.69, 9.17) is 4.74 Å². The molecular formula is C10H21GeO. The topological polar surface area (TPSA) is 12.5 Å². The monoisotopic (exact) mass is 231 g/mol. The zero-order valence-electron chi connectivity index (χ0n) is 8.44. The summed E-state index contributed by atoms with van der Waals surface area (Å²) in [6.45, 7) is 5.70. The first-order valence-electron chi connectivity index (χ1n) is 5.34. The van der Waals surface area contributed by atoms with Gasteiger partial charge in [0.1, 0.15) is 0 Å². The predicted molar refractivity (Wildman–Crippen MR) is 54.9 cm³/mol. The molecule has 0 saturated carbocycles. The van der Waals surface area contributed by atoms with E-state index in [-0.39, 0.29) is 0 Å². The van der Waals surface area contributed by atoms with E-state index in [1.54, 1.807) is 10.5 Å². The van der Waals surface area contributed by atoms with E-state index in [2.05, 4.69) is 13.8 Å². The Hall–Kier alpha value is 0.503. The Morgan fingerprint density at radius 1 is 1.17 bits per heavy atom. The van der Waals surface area contributed by atoms with Crippen molar-refractivity contribution < 1.29 is 4.74 Å². The number of ether oxygens (including phenoxy) is 1. The molecule has 12 heavy (non-hydrogen) atoms. The van der Waals surface area contributed by atoms with Crippen LogP contribution in [0.5, 0.6) is 0 Å². The molecule has 1 fully saturated rings. The van der Waals surface area contributed by atoms with Gasteiger partial charge in [0.25, 0.3) is 0 Å². The molecule has 1 aliphatic rings. The maximum atomic E-state index is 5.44. The molecule has 1 atom stereocenters. The van der Waals surface area contributed by atoms with Crippen LogP contribution in [-0.4, -0.2) is 25.9 Å². The van der Waals surface area contributed by atoms with E-state index in [1.165, 1.54) is 25.7 Å². The third-order valence-corrected chi connectivity index (χ3v) is 9.28. The van der Waals surface area contributed by atoms with Gasteiger partial charge in [-0.3, -0.25) is 0 Å². The second-order valence-electron chi connectivity index (χ2n) is 3.69. The third-order valence-electron chi connectivity index (χ3n) is 2.49. The van der Waals surface area contributed by atoms with Crippen LogP contribution < -0.4 is 0 Å². The number of hydrogen-bond donors (Lipinski definition) is 0. The molecule has 0 aromatic carbocycles. The molecule has 0 amide bonds. The summed E-state index contributed by atoms with van der Waals surface area (Å²) in [7, 11) is 0. The van der Waals surface area contributed by atoms with Gasteiger partial charge >= 0.3 is 80.7 Å². The van der Waals surface area contributed by atoms with Gasteiger partial charge in [0.2, 0.25) is 0 Å². The number of rotatable bonds is 7. The normalized spacial score (nSPS) is 21.8. The summed E-state index contributed by atoms with van der Waals surface area (Å²) in [5.74, 6) is 0. The van der Waals surface area contributed by atoms with Gasteiger partial charge < -0.3 is 0 Å². The van der Waals surface area contributed by atoms with Crippen LogP contribution >= 0.6 is 0 Å². The van der Waals surface area contributed by atoms with Gasteiger partial charge in [-0.2, -0.15) is 0 Å². The van der Waals surface area contributed by atoms with Crippen molar-refractivity contribution in [3.63, 3.8) is 0 Å². The van der Waals surface area contributed by atoms with Crippen LogP contribution in [0, 0.1) is 0 Å². The van der Waals surface area contributed by atoms with Crippen LogP contribution in [-0.2, 0) is 4.74 Å². The van der Waals surface area contributed by atoms with Crippen LogP contribution in [0.3, 0.4) is 0 Å². The first-order chi connectivity index (χ1) is 5.88. The molecule has 1 aliphatic heterocycles. The second-order valence-corrected chi connectivity index (χ2v) is 9.90. The van der Waals surface area contributed by atoms with Gasteiger partial charge in [-0.15, -0.1) is 0 Å². The van der Waals surface area contributed by atoms with Crippen molar-refractivity contribution in [2.45, 2.75) is 55.0 Å². The Morgan fingerprint density at radius 2 is 1.67 bits per heavy atom. The van der Waals surface area contributed by atoms with E-state index in [0.29, 0.717) is 0 Å². The minimum atomic E-state index is -0.720. The second kappa shape index (κ2) is 6.03. The van der Waals surface area contributed by atoms with Gasteiger partial charge in [-0.25, -0.2) is 0 Å². The molecule has 1 radical (unpaired) electrons. The molecule has 71 valence electrons. The van der Waals surface area contributed by atoms with E-state index in [0.717, 1.165) is 11.5 Å². The fraction of sp³-hybridized carbons (Fsp3) is 1.00. The van der Waals surface area contributed by atoms with E-state index >= 15 is 0 Å². The van der Waals surface area contributed by atoms with Crippen LogP contribution in [0.1, 0.15) is 39.5 Å². The van der Waals surface area contributed by atoms with Crippen molar-refractivity contribution in [1.29, 1.82) is 0 Å². The SMILES string of the molecule is CCC[CH2][Ge]([CH2]CCC)[CH]1CO1. The predicted octanol–water partition coefficient (Wildman–Crippen LogP) is 3.02. The Balaban J connectivity index is 2.09. The minimum absolute atomic E-state index is 0.720. The Bertz CT molecular complexity index is 104. The van der Waals surface area contributed by atoms with Crippen LogP contribution in [0.4, 0.5) is 0 Å². The van der Waals surface area contributed by atoms with Crippen LogP contribution in [0.2, 0.25) is 10.5 Å². The number of unbranched alkanes of at least 4 members (excludes halogenated alkanes) is 2. The van der Waals surface area contributed by atoms with Crippen molar-refractivity contribution in [3.8, 4) is 0 Å². The fourth-order valence-corrected chi connectivity index (χ4v) is 7.99. The number of hydrogen-bond acceptors (Lipinski definition) is 1. The molecule has 0 N–H and O–H groups in total. The molecule has 1 nitrogen and oxygen atoms in total. The fourth-order valence-electron chi connectivity index (χ4n) is 1.54. The van der Waals surface area contributed by atoms with Gasteiger partial charge in [-0.1, -0.05) is 0 Å². The average molecular weight is 230 g/mol. The molecule has 1 saturated heterocycles. The van der Waals surface area contributed by atoms with Gasteiger partial charge in [-0.05, 0) is 0 Å². The van der Waals surface area contributed by atoms with Crippen LogP contribution in [0.25, 0.3) is 0 Å². The van der Waals surface area contributed by atoms with E-state index in [1.807, 2.05) is 0 Å². The molecule has 1 rings (SSSR count). The van der Waals surface area contributed by atoms with Crippen molar-refractivity contribution >= 4 is 14.3 Å². The molecule has 2 heteroatoms. The number of epoxide rings is 1. The molecule has 0 spiro atoms. The Morgan fingerprint density at radius 3 is 2.00 bits per heavy atom. The van der Waals surface area contributed by atoms with Gasteiger partial charge in [0, 0.05) is 0 Å². The molecule has 0 aliphatic carbocycles. The summed E-state index contributed by atoms with van der Waals surface area (Å²) in [5.41, 5.74) is 0. The van der Waals surface area contributed by atoms with Crippen molar-refractivity contribution in [2.24, 2.45) is 0 Å². The van der Waals surface area contributed by atoms with E-state index in [9.17, 15) is 0 Å². The average Bonchev–Trinajstić information content (AvgIpc) is 2.88. The van der Waals surface area contributed by atoms with Crippen molar-refractivity contribution in [1.82, 2.24) is 0 Å². The first-order valence-corrected chi connectivity index (χ1v) is 9.52. The standard InChI is InChI=1S/C10H21GeO/c1-3-5-7-11(8-6-4-2)10-9-12-10/h10H,3-9H2,1-2H3. The third kappa shape index (κ3) is 3.95. The van der Waals surface area contributed by atoms with Crippen molar-refractivity contribution in [3.05, 3.63) is 0 Å². The zero-order chi connectivity index (χ0) is 8.81. The summed E-state index contributed by atoms with van der Waals surface area (Å²) in [6, 6.07) is 0. The molecule has 0 aromatic heterocycles. The summed E-state index contributed by atoms with van der Waals surface area (Å²) in [6.07, 6.45) is 5.66. The van der Waals surface area contributed by atoms with E-state index < -0.39 is 14.3 Å². The van der Waals surface area contributed by atoms with Crippen molar-refractivity contribution in [2.75, 3.05) is 6.61 Å². The quantitative estimate of drug-likeness (QED) is 0.483. The molecule has 1 heterocycles. The Kier molecular flexibility index (Phi) is 5.32. The molecule has 1 unspecified atom stereocenters. The molecule has 0 bridgehead atoms. The molecule has 0 aromatic rings. The van der Waals surface area contributed by atoms with Crippen LogP contribution in [0.15, 0.2) is 0 Å². The Labute approximate surface area is 81.0 Å².